The number of rotatable bonds is 3. The van der Waals surface area contributed by atoms with E-state index in [9.17, 15) is 0 Å². The minimum Gasteiger partial charge on any atom is -0.370 e. The summed E-state index contributed by atoms with van der Waals surface area (Å²) in [6, 6.07) is 11.1. The Morgan fingerprint density at radius 1 is 1.20 bits per heavy atom. The van der Waals surface area contributed by atoms with Gasteiger partial charge in [0.15, 0.2) is 5.96 Å². The number of guanidine groups is 1. The average Bonchev–Trinajstić information content (AvgIpc) is 2.82. The van der Waals surface area contributed by atoms with Gasteiger partial charge >= 0.3 is 0 Å². The third kappa shape index (κ3) is 2.67. The summed E-state index contributed by atoms with van der Waals surface area (Å²) in [6.07, 6.45) is 5.45. The normalized spacial score (nSPS) is 30.4. The van der Waals surface area contributed by atoms with Crippen molar-refractivity contribution in [3.05, 3.63) is 35.9 Å². The molecular weight excluding hydrogens is 246 g/mol. The summed E-state index contributed by atoms with van der Waals surface area (Å²) < 4.78 is 0. The second-order valence-electron chi connectivity index (χ2n) is 6.31. The van der Waals surface area contributed by atoms with Crippen molar-refractivity contribution in [2.24, 2.45) is 22.6 Å². The first kappa shape index (κ1) is 13.5. The van der Waals surface area contributed by atoms with Crippen LogP contribution in [0.1, 0.15) is 38.2 Å². The van der Waals surface area contributed by atoms with Gasteiger partial charge in [0.05, 0.1) is 12.6 Å². The van der Waals surface area contributed by atoms with E-state index in [1.54, 1.807) is 0 Å². The zero-order valence-electron chi connectivity index (χ0n) is 12.3. The standard InChI is InChI=1S/C17H25N3/c1-13-7-5-6-10-15(13)16-11-19-17(18)20(16)12-14-8-3-2-4-9-14/h2-4,8-9,13,15-16H,5-7,10-12H2,1H3,(H2,18,19). The molecule has 2 N–H and O–H groups in total. The molecule has 0 saturated heterocycles. The molecule has 3 heteroatoms. The lowest BCUT2D eigenvalue weighted by Gasteiger charge is -2.38. The van der Waals surface area contributed by atoms with Crippen LogP contribution in [0.2, 0.25) is 0 Å². The number of hydrogen-bond donors (Lipinski definition) is 1. The van der Waals surface area contributed by atoms with Crippen molar-refractivity contribution in [3.8, 4) is 0 Å². The fourth-order valence-corrected chi connectivity index (χ4v) is 3.81. The average molecular weight is 271 g/mol. The summed E-state index contributed by atoms with van der Waals surface area (Å²) in [5.74, 6) is 2.28. The van der Waals surface area contributed by atoms with Gasteiger partial charge in [-0.15, -0.1) is 0 Å². The minimum absolute atomic E-state index is 0.505. The van der Waals surface area contributed by atoms with Gasteiger partial charge in [0.25, 0.3) is 0 Å². The SMILES string of the molecule is CC1CCCCC1C1CN=C(N)N1Cc1ccccc1. The van der Waals surface area contributed by atoms with Gasteiger partial charge in [-0.05, 0) is 23.8 Å². The second-order valence-corrected chi connectivity index (χ2v) is 6.31. The molecule has 20 heavy (non-hydrogen) atoms. The van der Waals surface area contributed by atoms with E-state index in [4.69, 9.17) is 5.73 Å². The van der Waals surface area contributed by atoms with Gasteiger partial charge in [-0.3, -0.25) is 4.99 Å². The van der Waals surface area contributed by atoms with E-state index in [2.05, 4.69) is 47.1 Å². The highest BCUT2D eigenvalue weighted by molar-refractivity contribution is 5.80. The Hall–Kier alpha value is -1.51. The number of nitrogens with two attached hydrogens (primary N) is 1. The van der Waals surface area contributed by atoms with Crippen LogP contribution in [0.15, 0.2) is 35.3 Å². The Labute approximate surface area is 121 Å². The number of benzene rings is 1. The molecule has 0 aromatic heterocycles. The topological polar surface area (TPSA) is 41.6 Å². The van der Waals surface area contributed by atoms with Crippen LogP contribution in [0.25, 0.3) is 0 Å². The molecule has 108 valence electrons. The van der Waals surface area contributed by atoms with Crippen molar-refractivity contribution >= 4 is 5.96 Å². The summed E-state index contributed by atoms with van der Waals surface area (Å²) >= 11 is 0. The van der Waals surface area contributed by atoms with Gasteiger partial charge < -0.3 is 10.6 Å². The van der Waals surface area contributed by atoms with Crippen molar-refractivity contribution in [2.75, 3.05) is 6.54 Å². The van der Waals surface area contributed by atoms with Crippen molar-refractivity contribution in [1.29, 1.82) is 0 Å². The summed E-state index contributed by atoms with van der Waals surface area (Å²) in [5, 5.41) is 0. The largest absolute Gasteiger partial charge is 0.370 e. The fourth-order valence-electron chi connectivity index (χ4n) is 3.81. The summed E-state index contributed by atoms with van der Waals surface area (Å²) in [4.78, 5) is 6.86. The minimum atomic E-state index is 0.505. The lowest BCUT2D eigenvalue weighted by Crippen LogP contribution is -2.46. The lowest BCUT2D eigenvalue weighted by atomic mass is 9.76. The molecule has 3 unspecified atom stereocenters. The molecule has 1 fully saturated rings. The van der Waals surface area contributed by atoms with Crippen LogP contribution >= 0.6 is 0 Å². The van der Waals surface area contributed by atoms with Crippen LogP contribution in [-0.4, -0.2) is 23.4 Å². The van der Waals surface area contributed by atoms with Crippen molar-refractivity contribution in [3.63, 3.8) is 0 Å². The molecule has 3 nitrogen and oxygen atoms in total. The summed E-state index contributed by atoms with van der Waals surface area (Å²) in [6.45, 7) is 4.18. The molecule has 0 spiro atoms. The fraction of sp³-hybridized carbons (Fsp3) is 0.588. The van der Waals surface area contributed by atoms with Gasteiger partial charge in [0.1, 0.15) is 0 Å². The molecule has 1 aliphatic carbocycles. The van der Waals surface area contributed by atoms with Gasteiger partial charge in [-0.25, -0.2) is 0 Å². The molecule has 2 aliphatic rings. The number of nitrogens with zero attached hydrogens (tertiary/aromatic N) is 2. The van der Waals surface area contributed by atoms with E-state index in [-0.39, 0.29) is 0 Å². The van der Waals surface area contributed by atoms with Gasteiger partial charge in [-0.2, -0.15) is 0 Å². The molecular formula is C17H25N3. The molecule has 1 heterocycles. The molecule has 3 atom stereocenters. The summed E-state index contributed by atoms with van der Waals surface area (Å²) in [7, 11) is 0. The summed E-state index contributed by atoms with van der Waals surface area (Å²) in [5.41, 5.74) is 7.47. The van der Waals surface area contributed by atoms with Gasteiger partial charge in [-0.1, -0.05) is 56.5 Å². The van der Waals surface area contributed by atoms with Crippen LogP contribution in [-0.2, 0) is 6.54 Å². The third-order valence-electron chi connectivity index (χ3n) is 5.00. The number of hydrogen-bond acceptors (Lipinski definition) is 3. The first-order chi connectivity index (χ1) is 9.75. The van der Waals surface area contributed by atoms with Crippen LogP contribution in [0.5, 0.6) is 0 Å². The Morgan fingerprint density at radius 2 is 1.95 bits per heavy atom. The molecule has 0 amide bonds. The first-order valence-corrected chi connectivity index (χ1v) is 7.86. The zero-order valence-corrected chi connectivity index (χ0v) is 12.3. The first-order valence-electron chi connectivity index (χ1n) is 7.86. The van der Waals surface area contributed by atoms with E-state index in [1.165, 1.54) is 31.2 Å². The molecule has 1 aromatic carbocycles. The smallest absolute Gasteiger partial charge is 0.191 e. The monoisotopic (exact) mass is 271 g/mol. The van der Waals surface area contributed by atoms with Gasteiger partial charge in [0.2, 0.25) is 0 Å². The highest BCUT2D eigenvalue weighted by Gasteiger charge is 2.36. The van der Waals surface area contributed by atoms with Crippen LogP contribution in [0.3, 0.4) is 0 Å². The van der Waals surface area contributed by atoms with E-state index < -0.39 is 0 Å². The Balaban J connectivity index is 1.74. The van der Waals surface area contributed by atoms with Crippen LogP contribution < -0.4 is 5.73 Å². The molecule has 1 aromatic rings. The quantitative estimate of drug-likeness (QED) is 0.918. The highest BCUT2D eigenvalue weighted by Crippen LogP contribution is 2.35. The zero-order chi connectivity index (χ0) is 13.9. The van der Waals surface area contributed by atoms with Crippen molar-refractivity contribution < 1.29 is 0 Å². The molecule has 1 aliphatic heterocycles. The van der Waals surface area contributed by atoms with E-state index in [0.717, 1.165) is 30.9 Å². The van der Waals surface area contributed by atoms with E-state index in [0.29, 0.717) is 6.04 Å². The predicted molar refractivity (Wildman–Crippen MR) is 83.4 cm³/mol. The molecule has 3 rings (SSSR count). The van der Waals surface area contributed by atoms with Crippen LogP contribution in [0, 0.1) is 11.8 Å². The maximum Gasteiger partial charge on any atom is 0.191 e. The second kappa shape index (κ2) is 5.86. The Bertz CT molecular complexity index is 468. The predicted octanol–water partition coefficient (Wildman–Crippen LogP) is 3.01. The maximum atomic E-state index is 6.15. The van der Waals surface area contributed by atoms with E-state index in [1.807, 2.05) is 0 Å². The Morgan fingerprint density at radius 3 is 2.70 bits per heavy atom. The lowest BCUT2D eigenvalue weighted by molar-refractivity contribution is 0.145. The van der Waals surface area contributed by atoms with Crippen molar-refractivity contribution in [1.82, 2.24) is 4.90 Å². The van der Waals surface area contributed by atoms with Crippen LogP contribution in [0.4, 0.5) is 0 Å². The van der Waals surface area contributed by atoms with Gasteiger partial charge in [0, 0.05) is 6.54 Å². The van der Waals surface area contributed by atoms with E-state index >= 15 is 0 Å². The molecule has 1 saturated carbocycles. The molecule has 0 bridgehead atoms. The Kier molecular flexibility index (Phi) is 3.95. The van der Waals surface area contributed by atoms with Crippen molar-refractivity contribution in [2.45, 2.75) is 45.2 Å². The third-order valence-corrected chi connectivity index (χ3v) is 5.00. The molecule has 0 radical (unpaired) electrons. The maximum absolute atomic E-state index is 6.15. The number of aliphatic imine (C=N–C) groups is 1. The highest BCUT2D eigenvalue weighted by atomic mass is 15.3.